The molecule has 3 aromatic rings. The third-order valence-electron chi connectivity index (χ3n) is 4.44. The van der Waals surface area contributed by atoms with E-state index in [4.69, 9.17) is 0 Å². The zero-order valence-corrected chi connectivity index (χ0v) is 13.5. The third kappa shape index (κ3) is 2.36. The van der Waals surface area contributed by atoms with Crippen molar-refractivity contribution in [3.8, 4) is 0 Å². The zero-order valence-electron chi connectivity index (χ0n) is 13.5. The van der Waals surface area contributed by atoms with Crippen LogP contribution in [0.25, 0.3) is 10.8 Å². The first kappa shape index (κ1) is 15.3. The molecule has 124 valence electrons. The van der Waals surface area contributed by atoms with Crippen LogP contribution in [0.15, 0.2) is 54.6 Å². The number of hydrogen-bond donors (Lipinski definition) is 1. The van der Waals surface area contributed by atoms with E-state index in [1.807, 2.05) is 19.1 Å². The summed E-state index contributed by atoms with van der Waals surface area (Å²) in [4.78, 5) is 26.6. The molecule has 0 saturated heterocycles. The quantitative estimate of drug-likeness (QED) is 0.780. The van der Waals surface area contributed by atoms with Crippen LogP contribution in [0.2, 0.25) is 0 Å². The van der Waals surface area contributed by atoms with Gasteiger partial charge < -0.3 is 10.2 Å². The summed E-state index contributed by atoms with van der Waals surface area (Å²) in [6.07, 6.45) is 0. The number of halogens is 1. The second-order valence-electron chi connectivity index (χ2n) is 5.87. The first-order chi connectivity index (χ1) is 12.1. The molecule has 1 heterocycles. The minimum absolute atomic E-state index is 0.0308. The number of rotatable bonds is 3. The molecule has 0 fully saturated rings. The third-order valence-corrected chi connectivity index (χ3v) is 4.44. The summed E-state index contributed by atoms with van der Waals surface area (Å²) in [6.45, 7) is 2.51. The molecule has 1 N–H and O–H groups in total. The van der Waals surface area contributed by atoms with Gasteiger partial charge in [0, 0.05) is 34.1 Å². The summed E-state index contributed by atoms with van der Waals surface area (Å²) < 4.78 is 13.3. The Kier molecular flexibility index (Phi) is 3.50. The van der Waals surface area contributed by atoms with Crippen molar-refractivity contribution >= 4 is 34.0 Å². The summed E-state index contributed by atoms with van der Waals surface area (Å²) in [7, 11) is 0. The van der Waals surface area contributed by atoms with Crippen molar-refractivity contribution in [2.75, 3.05) is 16.8 Å². The summed E-state index contributed by atoms with van der Waals surface area (Å²) in [5, 5.41) is 4.46. The largest absolute Gasteiger partial charge is 0.321 e. The van der Waals surface area contributed by atoms with Gasteiger partial charge in [0.05, 0.1) is 5.69 Å². The van der Waals surface area contributed by atoms with Crippen LogP contribution in [0.4, 0.5) is 15.8 Å². The fourth-order valence-electron chi connectivity index (χ4n) is 3.29. The maximum atomic E-state index is 13.3. The molecule has 0 radical (unpaired) electrons. The van der Waals surface area contributed by atoms with Crippen molar-refractivity contribution in [1.82, 2.24) is 0 Å². The van der Waals surface area contributed by atoms with Gasteiger partial charge in [-0.15, -0.1) is 0 Å². The van der Waals surface area contributed by atoms with Gasteiger partial charge in [0.2, 0.25) is 0 Å². The normalized spacial score (nSPS) is 12.7. The number of anilines is 2. The maximum Gasteiger partial charge on any atom is 0.258 e. The van der Waals surface area contributed by atoms with E-state index in [0.29, 0.717) is 17.8 Å². The van der Waals surface area contributed by atoms with Crippen LogP contribution in [0, 0.1) is 5.82 Å². The van der Waals surface area contributed by atoms with Crippen molar-refractivity contribution in [2.45, 2.75) is 6.92 Å². The minimum Gasteiger partial charge on any atom is -0.321 e. The van der Waals surface area contributed by atoms with Gasteiger partial charge >= 0.3 is 0 Å². The first-order valence-electron chi connectivity index (χ1n) is 8.04. The van der Waals surface area contributed by atoms with Crippen molar-refractivity contribution < 1.29 is 14.0 Å². The second kappa shape index (κ2) is 5.70. The van der Waals surface area contributed by atoms with Gasteiger partial charge in [-0.25, -0.2) is 4.39 Å². The molecule has 25 heavy (non-hydrogen) atoms. The molecule has 4 rings (SSSR count). The van der Waals surface area contributed by atoms with Crippen LogP contribution in [0.3, 0.4) is 0 Å². The summed E-state index contributed by atoms with van der Waals surface area (Å²) in [5.41, 5.74) is 2.33. The molecule has 5 heteroatoms. The Balaban J connectivity index is 1.79. The van der Waals surface area contributed by atoms with Gasteiger partial charge in [-0.2, -0.15) is 0 Å². The van der Waals surface area contributed by atoms with Crippen LogP contribution in [0.5, 0.6) is 0 Å². The first-order valence-corrected chi connectivity index (χ1v) is 8.04. The fraction of sp³-hybridized carbons (Fsp3) is 0.100. The lowest BCUT2D eigenvalue weighted by molar-refractivity contribution is 0.0992. The number of hydrogen-bond acceptors (Lipinski definition) is 2. The predicted molar refractivity (Wildman–Crippen MR) is 95.7 cm³/mol. The minimum atomic E-state index is -0.461. The molecule has 1 aliphatic heterocycles. The van der Waals surface area contributed by atoms with Gasteiger partial charge in [-0.05, 0) is 43.3 Å². The Morgan fingerprint density at radius 1 is 1.12 bits per heavy atom. The molecule has 4 nitrogen and oxygen atoms in total. The van der Waals surface area contributed by atoms with Crippen LogP contribution in [-0.2, 0) is 0 Å². The number of carbonyl (C=O) groups excluding carboxylic acids is 2. The standard InChI is InChI=1S/C20H15FN2O2/c1-2-23-17-10-9-16(14-7-4-8-15(18(14)17)20(23)25)22-19(24)12-5-3-6-13(21)11-12/h3-11H,2H2,1H3,(H,22,24). The maximum absolute atomic E-state index is 13.3. The summed E-state index contributed by atoms with van der Waals surface area (Å²) in [6, 6.07) is 14.6. The van der Waals surface area contributed by atoms with Crippen molar-refractivity contribution in [3.05, 3.63) is 71.5 Å². The van der Waals surface area contributed by atoms with Crippen molar-refractivity contribution in [2.24, 2.45) is 0 Å². The topological polar surface area (TPSA) is 49.4 Å². The lowest BCUT2D eigenvalue weighted by Crippen LogP contribution is -2.25. The Morgan fingerprint density at radius 2 is 1.92 bits per heavy atom. The van der Waals surface area contributed by atoms with E-state index in [9.17, 15) is 14.0 Å². The van der Waals surface area contributed by atoms with Crippen LogP contribution in [-0.4, -0.2) is 18.4 Å². The van der Waals surface area contributed by atoms with E-state index in [1.165, 1.54) is 18.2 Å². The van der Waals surface area contributed by atoms with E-state index in [1.54, 1.807) is 29.2 Å². The average molecular weight is 334 g/mol. The number of carbonyl (C=O) groups is 2. The molecular weight excluding hydrogens is 319 g/mol. The number of benzene rings is 3. The lowest BCUT2D eigenvalue weighted by Gasteiger charge is -2.15. The highest BCUT2D eigenvalue weighted by molar-refractivity contribution is 6.27. The highest BCUT2D eigenvalue weighted by Gasteiger charge is 2.29. The predicted octanol–water partition coefficient (Wildman–Crippen LogP) is 4.21. The Labute approximate surface area is 143 Å². The van der Waals surface area contributed by atoms with Gasteiger partial charge in [-0.1, -0.05) is 18.2 Å². The molecule has 1 aliphatic rings. The van der Waals surface area contributed by atoms with E-state index in [2.05, 4.69) is 5.32 Å². The average Bonchev–Trinajstić information content (AvgIpc) is 2.90. The van der Waals surface area contributed by atoms with Gasteiger partial charge in [-0.3, -0.25) is 9.59 Å². The lowest BCUT2D eigenvalue weighted by atomic mass is 10.0. The Morgan fingerprint density at radius 3 is 2.68 bits per heavy atom. The monoisotopic (exact) mass is 334 g/mol. The van der Waals surface area contributed by atoms with Gasteiger partial charge in [0.15, 0.2) is 0 Å². The van der Waals surface area contributed by atoms with Crippen LogP contribution >= 0.6 is 0 Å². The molecule has 2 amide bonds. The number of nitrogens with one attached hydrogen (secondary N) is 1. The molecule has 3 aromatic carbocycles. The highest BCUT2D eigenvalue weighted by atomic mass is 19.1. The summed E-state index contributed by atoms with van der Waals surface area (Å²) in [5.74, 6) is -0.883. The molecule has 0 aliphatic carbocycles. The van der Waals surface area contributed by atoms with E-state index in [-0.39, 0.29) is 11.5 Å². The molecule has 0 unspecified atom stereocenters. The van der Waals surface area contributed by atoms with Gasteiger partial charge in [0.1, 0.15) is 5.82 Å². The molecule has 0 aromatic heterocycles. The van der Waals surface area contributed by atoms with Crippen LogP contribution in [0.1, 0.15) is 27.6 Å². The second-order valence-corrected chi connectivity index (χ2v) is 5.87. The zero-order chi connectivity index (χ0) is 17.6. The van der Waals surface area contributed by atoms with Crippen LogP contribution < -0.4 is 10.2 Å². The highest BCUT2D eigenvalue weighted by Crippen LogP contribution is 2.40. The SMILES string of the molecule is CCN1C(=O)c2cccc3c(NC(=O)c4cccc(F)c4)ccc1c23. The van der Waals surface area contributed by atoms with E-state index in [0.717, 1.165) is 16.5 Å². The molecule has 0 saturated carbocycles. The Bertz CT molecular complexity index is 1030. The molecule has 0 spiro atoms. The number of nitrogens with zero attached hydrogens (tertiary/aromatic N) is 1. The van der Waals surface area contributed by atoms with E-state index < -0.39 is 11.7 Å². The molecule has 0 atom stereocenters. The smallest absolute Gasteiger partial charge is 0.258 e. The molecule has 0 bridgehead atoms. The van der Waals surface area contributed by atoms with Crippen molar-refractivity contribution in [3.63, 3.8) is 0 Å². The Hall–Kier alpha value is -3.21. The molecular formula is C20H15FN2O2. The van der Waals surface area contributed by atoms with Gasteiger partial charge in [0.25, 0.3) is 11.8 Å². The fourth-order valence-corrected chi connectivity index (χ4v) is 3.29. The van der Waals surface area contributed by atoms with Crippen molar-refractivity contribution in [1.29, 1.82) is 0 Å². The number of amides is 2. The van der Waals surface area contributed by atoms with E-state index >= 15 is 0 Å². The summed E-state index contributed by atoms with van der Waals surface area (Å²) >= 11 is 0.